The molecule has 1 aromatic rings. The molecule has 1 fully saturated rings. The van der Waals surface area contributed by atoms with Crippen molar-refractivity contribution in [3.8, 4) is 5.75 Å². The van der Waals surface area contributed by atoms with Crippen LogP contribution in [0.25, 0.3) is 0 Å². The van der Waals surface area contributed by atoms with Crippen LogP contribution in [0.3, 0.4) is 0 Å². The fourth-order valence-corrected chi connectivity index (χ4v) is 3.78. The summed E-state index contributed by atoms with van der Waals surface area (Å²) in [5.41, 5.74) is 0.662. The van der Waals surface area contributed by atoms with Gasteiger partial charge in [0.1, 0.15) is 5.75 Å². The highest BCUT2D eigenvalue weighted by atomic mass is 16.5. The van der Waals surface area contributed by atoms with Gasteiger partial charge >= 0.3 is 0 Å². The molecule has 21 heavy (non-hydrogen) atoms. The maximum absolute atomic E-state index is 12.4. The van der Waals surface area contributed by atoms with Crippen LogP contribution in [-0.2, 0) is 0 Å². The highest BCUT2D eigenvalue weighted by molar-refractivity contribution is 5.97. The minimum absolute atomic E-state index is 0.00875. The largest absolute Gasteiger partial charge is 0.469 e. The minimum Gasteiger partial charge on any atom is -0.469 e. The first-order chi connectivity index (χ1) is 10.1. The van der Waals surface area contributed by atoms with Gasteiger partial charge in [0.15, 0.2) is 6.23 Å². The van der Waals surface area contributed by atoms with Crippen molar-refractivity contribution in [1.29, 1.82) is 0 Å². The molecule has 1 aliphatic carbocycles. The SMILES string of the molecule is CN(C)CC1(C2NC(=O)c3ccccc3O2)CCCCC1. The van der Waals surface area contributed by atoms with Gasteiger partial charge in [0, 0.05) is 12.0 Å². The number of benzene rings is 1. The van der Waals surface area contributed by atoms with E-state index in [1.54, 1.807) is 0 Å². The quantitative estimate of drug-likeness (QED) is 0.929. The van der Waals surface area contributed by atoms with Crippen molar-refractivity contribution in [3.63, 3.8) is 0 Å². The van der Waals surface area contributed by atoms with Crippen LogP contribution in [0, 0.1) is 5.41 Å². The molecule has 0 radical (unpaired) electrons. The monoisotopic (exact) mass is 288 g/mol. The molecule has 4 heteroatoms. The van der Waals surface area contributed by atoms with Gasteiger partial charge in [-0.1, -0.05) is 31.4 Å². The van der Waals surface area contributed by atoms with Crippen molar-refractivity contribution in [1.82, 2.24) is 10.2 Å². The molecule has 1 aliphatic heterocycles. The van der Waals surface area contributed by atoms with Gasteiger partial charge in [0.05, 0.1) is 5.56 Å². The van der Waals surface area contributed by atoms with E-state index in [2.05, 4.69) is 24.3 Å². The lowest BCUT2D eigenvalue weighted by molar-refractivity contribution is -0.0264. The Morgan fingerprint density at radius 3 is 2.67 bits per heavy atom. The van der Waals surface area contributed by atoms with Crippen LogP contribution >= 0.6 is 0 Å². The molecule has 1 amide bonds. The maximum Gasteiger partial charge on any atom is 0.257 e. The molecule has 1 unspecified atom stereocenters. The van der Waals surface area contributed by atoms with E-state index in [1.165, 1.54) is 19.3 Å². The van der Waals surface area contributed by atoms with E-state index in [9.17, 15) is 4.79 Å². The number of carbonyl (C=O) groups excluding carboxylic acids is 1. The van der Waals surface area contributed by atoms with Crippen LogP contribution in [0.2, 0.25) is 0 Å². The summed E-state index contributed by atoms with van der Waals surface area (Å²) in [5.74, 6) is 0.709. The van der Waals surface area contributed by atoms with Gasteiger partial charge in [-0.15, -0.1) is 0 Å². The predicted molar refractivity (Wildman–Crippen MR) is 82.4 cm³/mol. The van der Waals surface area contributed by atoms with E-state index >= 15 is 0 Å². The van der Waals surface area contributed by atoms with Crippen molar-refractivity contribution >= 4 is 5.91 Å². The normalized spacial score (nSPS) is 24.1. The third kappa shape index (κ3) is 2.77. The van der Waals surface area contributed by atoms with Gasteiger partial charge in [-0.05, 0) is 39.1 Å². The Morgan fingerprint density at radius 1 is 1.24 bits per heavy atom. The first-order valence-electron chi connectivity index (χ1n) is 7.82. The zero-order chi connectivity index (χ0) is 14.9. The predicted octanol–water partition coefficient (Wildman–Crippen LogP) is 2.65. The van der Waals surface area contributed by atoms with Crippen molar-refractivity contribution in [2.24, 2.45) is 5.41 Å². The van der Waals surface area contributed by atoms with E-state index in [1.807, 2.05) is 24.3 Å². The first-order valence-corrected chi connectivity index (χ1v) is 7.82. The zero-order valence-electron chi connectivity index (χ0n) is 12.9. The van der Waals surface area contributed by atoms with Crippen LogP contribution in [0.1, 0.15) is 42.5 Å². The summed E-state index contributed by atoms with van der Waals surface area (Å²) in [7, 11) is 4.18. The summed E-state index contributed by atoms with van der Waals surface area (Å²) >= 11 is 0. The van der Waals surface area contributed by atoms with Crippen molar-refractivity contribution in [2.45, 2.75) is 38.3 Å². The maximum atomic E-state index is 12.4. The molecule has 1 saturated carbocycles. The van der Waals surface area contributed by atoms with E-state index in [0.29, 0.717) is 5.56 Å². The Balaban J connectivity index is 1.89. The van der Waals surface area contributed by atoms with Gasteiger partial charge < -0.3 is 15.0 Å². The average molecular weight is 288 g/mol. The smallest absolute Gasteiger partial charge is 0.257 e. The molecule has 3 rings (SSSR count). The second-order valence-corrected chi connectivity index (χ2v) is 6.63. The Labute approximate surface area is 126 Å². The molecule has 1 heterocycles. The Bertz CT molecular complexity index is 521. The number of hydrogen-bond donors (Lipinski definition) is 1. The molecule has 1 atom stereocenters. The fraction of sp³-hybridized carbons (Fsp3) is 0.588. The molecule has 0 spiro atoms. The molecular formula is C17H24N2O2. The van der Waals surface area contributed by atoms with Gasteiger partial charge in [-0.25, -0.2) is 0 Å². The van der Waals surface area contributed by atoms with E-state index in [0.717, 1.165) is 25.1 Å². The molecule has 0 bridgehead atoms. The van der Waals surface area contributed by atoms with Crippen molar-refractivity contribution in [2.75, 3.05) is 20.6 Å². The highest BCUT2D eigenvalue weighted by Crippen LogP contribution is 2.42. The summed E-state index contributed by atoms with van der Waals surface area (Å²) in [5, 5.41) is 3.10. The number of fused-ring (bicyclic) bond motifs is 1. The summed E-state index contributed by atoms with van der Waals surface area (Å²) in [4.78, 5) is 14.6. The van der Waals surface area contributed by atoms with Crippen LogP contribution in [0.15, 0.2) is 24.3 Å². The van der Waals surface area contributed by atoms with Gasteiger partial charge in [-0.3, -0.25) is 4.79 Å². The van der Waals surface area contributed by atoms with E-state index in [4.69, 9.17) is 4.74 Å². The van der Waals surface area contributed by atoms with Gasteiger partial charge in [0.25, 0.3) is 5.91 Å². The number of ether oxygens (including phenoxy) is 1. The zero-order valence-corrected chi connectivity index (χ0v) is 12.9. The number of carbonyl (C=O) groups is 1. The number of amides is 1. The highest BCUT2D eigenvalue weighted by Gasteiger charge is 2.44. The van der Waals surface area contributed by atoms with Crippen molar-refractivity contribution in [3.05, 3.63) is 29.8 Å². The minimum atomic E-state index is -0.220. The molecule has 114 valence electrons. The third-order valence-electron chi connectivity index (χ3n) is 4.68. The second-order valence-electron chi connectivity index (χ2n) is 6.63. The Morgan fingerprint density at radius 2 is 1.95 bits per heavy atom. The third-order valence-corrected chi connectivity index (χ3v) is 4.68. The number of rotatable bonds is 3. The number of hydrogen-bond acceptors (Lipinski definition) is 3. The molecule has 2 aliphatic rings. The lowest BCUT2D eigenvalue weighted by Crippen LogP contribution is -2.57. The number of nitrogens with one attached hydrogen (secondary N) is 1. The van der Waals surface area contributed by atoms with Gasteiger partial charge in [-0.2, -0.15) is 0 Å². The van der Waals surface area contributed by atoms with Crippen molar-refractivity contribution < 1.29 is 9.53 Å². The lowest BCUT2D eigenvalue weighted by Gasteiger charge is -2.46. The fourth-order valence-electron chi connectivity index (χ4n) is 3.78. The van der Waals surface area contributed by atoms with Crippen LogP contribution in [0.5, 0.6) is 5.75 Å². The van der Waals surface area contributed by atoms with E-state index < -0.39 is 0 Å². The average Bonchev–Trinajstić information content (AvgIpc) is 2.47. The molecule has 1 N–H and O–H groups in total. The molecule has 0 aromatic heterocycles. The Hall–Kier alpha value is -1.55. The summed E-state index contributed by atoms with van der Waals surface area (Å²) in [6.07, 6.45) is 5.71. The molecule has 1 aromatic carbocycles. The number of nitrogens with zero attached hydrogens (tertiary/aromatic N) is 1. The standard InChI is InChI=1S/C17H24N2O2/c1-19(2)12-17(10-6-3-7-11-17)16-18-15(20)13-8-4-5-9-14(13)21-16/h4-5,8-9,16H,3,6-7,10-12H2,1-2H3,(H,18,20). The summed E-state index contributed by atoms with van der Waals surface area (Å²) in [6.45, 7) is 0.945. The molecule has 4 nitrogen and oxygen atoms in total. The summed E-state index contributed by atoms with van der Waals surface area (Å²) in [6, 6.07) is 7.51. The lowest BCUT2D eigenvalue weighted by atomic mass is 9.71. The van der Waals surface area contributed by atoms with E-state index in [-0.39, 0.29) is 17.6 Å². The second kappa shape index (κ2) is 5.68. The topological polar surface area (TPSA) is 41.6 Å². The van der Waals surface area contributed by atoms with Crippen LogP contribution in [-0.4, -0.2) is 37.7 Å². The Kier molecular flexibility index (Phi) is 3.89. The van der Waals surface area contributed by atoms with Crippen LogP contribution < -0.4 is 10.1 Å². The molecular weight excluding hydrogens is 264 g/mol. The van der Waals surface area contributed by atoms with Gasteiger partial charge in [0.2, 0.25) is 0 Å². The van der Waals surface area contributed by atoms with Crippen LogP contribution in [0.4, 0.5) is 0 Å². The number of para-hydroxylation sites is 1. The summed E-state index contributed by atoms with van der Waals surface area (Å²) < 4.78 is 6.19. The molecule has 0 saturated heterocycles. The first kappa shape index (κ1) is 14.4.